The van der Waals surface area contributed by atoms with E-state index in [1.807, 2.05) is 18.2 Å². The van der Waals surface area contributed by atoms with Crippen LogP contribution in [0.25, 0.3) is 97.0 Å². The van der Waals surface area contributed by atoms with E-state index in [1.54, 1.807) is 22.7 Å². The van der Waals surface area contributed by atoms with Crippen molar-refractivity contribution in [3.8, 4) is 56.5 Å². The minimum Gasteiger partial charge on any atom is -0.228 e. The molecule has 0 saturated heterocycles. The molecule has 0 atom stereocenters. The number of fused-ring (bicyclic) bond motifs is 6. The number of aromatic nitrogens is 4. The molecule has 0 N–H and O–H groups in total. The molecule has 0 aliphatic heterocycles. The van der Waals surface area contributed by atoms with Gasteiger partial charge in [-0.2, -0.15) is 0 Å². The number of nitrogens with zero attached hydrogens (tertiary/aromatic N) is 4. The molecular formula is C44H26N4S2. The summed E-state index contributed by atoms with van der Waals surface area (Å²) >= 11 is 3.53. The summed E-state index contributed by atoms with van der Waals surface area (Å²) in [6.45, 7) is 0. The molecule has 0 aliphatic carbocycles. The molecule has 0 spiro atoms. The highest BCUT2D eigenvalue weighted by Crippen LogP contribution is 2.43. The fourth-order valence-corrected chi connectivity index (χ4v) is 9.11. The van der Waals surface area contributed by atoms with E-state index < -0.39 is 0 Å². The molecule has 50 heavy (non-hydrogen) atoms. The van der Waals surface area contributed by atoms with Crippen molar-refractivity contribution in [2.75, 3.05) is 0 Å². The highest BCUT2D eigenvalue weighted by molar-refractivity contribution is 7.26. The second-order valence-electron chi connectivity index (χ2n) is 12.2. The molecule has 6 aromatic carbocycles. The number of hydrogen-bond acceptors (Lipinski definition) is 6. The second-order valence-corrected chi connectivity index (χ2v) is 14.3. The standard InChI is InChI=1S/C44H26N4S2/c1-4-13-27(14-5-1)35-26-36(28-15-6-2-7-16-28)46-44(45-35)34-21-12-20-32-31-24-23-30(25-38(31)50-41(32)34)43-47-39(29-17-8-3-9-18-29)42-40(48-43)33-19-10-11-22-37(33)49-42/h1-26H. The molecule has 10 aromatic rings. The van der Waals surface area contributed by atoms with E-state index in [2.05, 4.69) is 140 Å². The lowest BCUT2D eigenvalue weighted by molar-refractivity contribution is 1.19. The average molecular weight is 675 g/mol. The van der Waals surface area contributed by atoms with Gasteiger partial charge in [-0.3, -0.25) is 0 Å². The van der Waals surface area contributed by atoms with Crippen molar-refractivity contribution in [1.82, 2.24) is 19.9 Å². The normalized spacial score (nSPS) is 11.6. The molecule has 4 aromatic heterocycles. The highest BCUT2D eigenvalue weighted by Gasteiger charge is 2.19. The summed E-state index contributed by atoms with van der Waals surface area (Å²) in [5.74, 6) is 1.44. The van der Waals surface area contributed by atoms with Crippen LogP contribution < -0.4 is 0 Å². The molecule has 6 heteroatoms. The van der Waals surface area contributed by atoms with E-state index in [1.165, 1.54) is 20.2 Å². The Balaban J connectivity index is 1.15. The van der Waals surface area contributed by atoms with Crippen LogP contribution in [0.3, 0.4) is 0 Å². The maximum Gasteiger partial charge on any atom is 0.161 e. The van der Waals surface area contributed by atoms with Crippen LogP contribution in [0.2, 0.25) is 0 Å². The van der Waals surface area contributed by atoms with Crippen LogP contribution in [-0.4, -0.2) is 19.9 Å². The molecule has 0 amide bonds. The lowest BCUT2D eigenvalue weighted by Crippen LogP contribution is -1.96. The van der Waals surface area contributed by atoms with E-state index in [-0.39, 0.29) is 0 Å². The summed E-state index contributed by atoms with van der Waals surface area (Å²) in [5, 5.41) is 3.55. The molecule has 0 radical (unpaired) electrons. The number of thiophene rings is 2. The zero-order valence-electron chi connectivity index (χ0n) is 26.6. The third kappa shape index (κ3) is 4.88. The molecule has 0 bridgehead atoms. The Morgan fingerprint density at radius 3 is 1.70 bits per heavy atom. The van der Waals surface area contributed by atoms with Gasteiger partial charge in [-0.05, 0) is 24.3 Å². The summed E-state index contributed by atoms with van der Waals surface area (Å²) < 4.78 is 4.66. The first-order chi connectivity index (χ1) is 24.8. The van der Waals surface area contributed by atoms with Gasteiger partial charge in [0.15, 0.2) is 11.6 Å². The monoisotopic (exact) mass is 674 g/mol. The Morgan fingerprint density at radius 2 is 0.980 bits per heavy atom. The van der Waals surface area contributed by atoms with Gasteiger partial charge < -0.3 is 0 Å². The first-order valence-electron chi connectivity index (χ1n) is 16.5. The predicted octanol–water partition coefficient (Wildman–Crippen LogP) is 12.3. The first kappa shape index (κ1) is 28.9. The Hall–Kier alpha value is -6.08. The van der Waals surface area contributed by atoms with Gasteiger partial charge >= 0.3 is 0 Å². The van der Waals surface area contributed by atoms with Crippen molar-refractivity contribution < 1.29 is 0 Å². The zero-order valence-corrected chi connectivity index (χ0v) is 28.2. The van der Waals surface area contributed by atoms with Crippen LogP contribution in [0.4, 0.5) is 0 Å². The molecule has 0 unspecified atom stereocenters. The van der Waals surface area contributed by atoms with Crippen molar-refractivity contribution >= 4 is 63.1 Å². The van der Waals surface area contributed by atoms with Gasteiger partial charge in [-0.15, -0.1) is 22.7 Å². The van der Waals surface area contributed by atoms with Crippen LogP contribution in [0.1, 0.15) is 0 Å². The fourth-order valence-electron chi connectivity index (χ4n) is 6.71. The molecular weight excluding hydrogens is 649 g/mol. The minimum absolute atomic E-state index is 0.716. The largest absolute Gasteiger partial charge is 0.228 e. The van der Waals surface area contributed by atoms with Crippen LogP contribution >= 0.6 is 22.7 Å². The van der Waals surface area contributed by atoms with Crippen molar-refractivity contribution in [2.24, 2.45) is 0 Å². The predicted molar refractivity (Wildman–Crippen MR) is 211 cm³/mol. The molecule has 4 heterocycles. The van der Waals surface area contributed by atoms with Gasteiger partial charge in [-0.1, -0.05) is 133 Å². The van der Waals surface area contributed by atoms with Crippen molar-refractivity contribution in [2.45, 2.75) is 0 Å². The topological polar surface area (TPSA) is 51.6 Å². The lowest BCUT2D eigenvalue weighted by atomic mass is 10.0. The Labute approximate surface area is 296 Å². The van der Waals surface area contributed by atoms with Crippen LogP contribution in [0.15, 0.2) is 158 Å². The van der Waals surface area contributed by atoms with Gasteiger partial charge in [-0.25, -0.2) is 19.9 Å². The molecule has 0 aliphatic rings. The third-order valence-electron chi connectivity index (χ3n) is 9.13. The maximum atomic E-state index is 5.22. The van der Waals surface area contributed by atoms with Crippen LogP contribution in [-0.2, 0) is 0 Å². The zero-order chi connectivity index (χ0) is 33.0. The van der Waals surface area contributed by atoms with Gasteiger partial charge in [0.1, 0.15) is 0 Å². The maximum absolute atomic E-state index is 5.22. The summed E-state index contributed by atoms with van der Waals surface area (Å²) in [4.78, 5) is 20.7. The van der Waals surface area contributed by atoms with Crippen molar-refractivity contribution in [3.63, 3.8) is 0 Å². The minimum atomic E-state index is 0.716. The van der Waals surface area contributed by atoms with Crippen molar-refractivity contribution in [3.05, 3.63) is 158 Å². The lowest BCUT2D eigenvalue weighted by Gasteiger charge is -2.10. The van der Waals surface area contributed by atoms with Crippen LogP contribution in [0, 0.1) is 0 Å². The Kier molecular flexibility index (Phi) is 6.82. The summed E-state index contributed by atoms with van der Waals surface area (Å²) in [5.41, 5.74) is 9.00. The smallest absolute Gasteiger partial charge is 0.161 e. The van der Waals surface area contributed by atoms with Gasteiger partial charge in [0.05, 0.1) is 27.3 Å². The van der Waals surface area contributed by atoms with Gasteiger partial charge in [0.2, 0.25) is 0 Å². The quantitative estimate of drug-likeness (QED) is 0.182. The highest BCUT2D eigenvalue weighted by atomic mass is 32.1. The second kappa shape index (κ2) is 11.8. The third-order valence-corrected chi connectivity index (χ3v) is 11.5. The molecule has 0 saturated carbocycles. The van der Waals surface area contributed by atoms with Crippen molar-refractivity contribution in [1.29, 1.82) is 0 Å². The molecule has 234 valence electrons. The average Bonchev–Trinajstić information content (AvgIpc) is 3.76. The fraction of sp³-hybridized carbons (Fsp3) is 0. The SMILES string of the molecule is c1ccc(-c2cc(-c3ccccc3)nc(-c3cccc4c3sc3cc(-c5nc(-c6ccccc6)c6sc7ccccc7c6n5)ccc34)n2)cc1. The number of hydrogen-bond donors (Lipinski definition) is 0. The summed E-state index contributed by atoms with van der Waals surface area (Å²) in [6, 6.07) is 54.8. The van der Waals surface area contributed by atoms with E-state index in [0.717, 1.165) is 71.0 Å². The summed E-state index contributed by atoms with van der Waals surface area (Å²) in [7, 11) is 0. The number of rotatable bonds is 5. The number of benzene rings is 6. The Bertz CT molecular complexity index is 2800. The van der Waals surface area contributed by atoms with E-state index in [0.29, 0.717) is 5.82 Å². The van der Waals surface area contributed by atoms with E-state index >= 15 is 0 Å². The van der Waals surface area contributed by atoms with E-state index in [9.17, 15) is 0 Å². The van der Waals surface area contributed by atoms with Crippen LogP contribution in [0.5, 0.6) is 0 Å². The molecule has 10 rings (SSSR count). The molecule has 4 nitrogen and oxygen atoms in total. The van der Waals surface area contributed by atoms with Gasteiger partial charge in [0.25, 0.3) is 0 Å². The van der Waals surface area contributed by atoms with Gasteiger partial charge in [0, 0.05) is 58.1 Å². The summed E-state index contributed by atoms with van der Waals surface area (Å²) in [6.07, 6.45) is 0. The van der Waals surface area contributed by atoms with E-state index in [4.69, 9.17) is 19.9 Å². The Morgan fingerprint density at radius 1 is 0.360 bits per heavy atom. The molecule has 0 fully saturated rings. The first-order valence-corrected chi connectivity index (χ1v) is 18.1.